The zero-order valence-corrected chi connectivity index (χ0v) is 11.2. The Kier molecular flexibility index (Phi) is 2.77. The number of sulfone groups is 1. The third kappa shape index (κ3) is 2.44. The van der Waals surface area contributed by atoms with Gasteiger partial charge in [-0.05, 0) is 19.3 Å². The van der Waals surface area contributed by atoms with Crippen LogP contribution in [0.2, 0.25) is 0 Å². The van der Waals surface area contributed by atoms with Gasteiger partial charge in [-0.15, -0.1) is 0 Å². The lowest BCUT2D eigenvalue weighted by molar-refractivity contribution is 0.0937. The highest BCUT2D eigenvalue weighted by atomic mass is 32.2. The highest BCUT2D eigenvalue weighted by molar-refractivity contribution is 7.91. The molecule has 2 fully saturated rings. The van der Waals surface area contributed by atoms with Crippen LogP contribution in [0.1, 0.15) is 41.4 Å². The van der Waals surface area contributed by atoms with E-state index in [2.05, 4.69) is 15.5 Å². The molecule has 104 valence electrons. The molecule has 2 heterocycles. The molecule has 1 aromatic heterocycles. The minimum Gasteiger partial charge on any atom is -0.395 e. The number of hydrogen-bond acceptors (Lipinski definition) is 5. The molecule has 3 rings (SSSR count). The summed E-state index contributed by atoms with van der Waals surface area (Å²) in [7, 11) is -3.01. The molecule has 0 radical (unpaired) electrons. The molecular formula is C11H16N4O3S. The fraction of sp³-hybridized carbons (Fsp3) is 0.636. The van der Waals surface area contributed by atoms with E-state index in [1.165, 1.54) is 0 Å². The molecule has 1 aliphatic carbocycles. The van der Waals surface area contributed by atoms with Crippen molar-refractivity contribution in [2.45, 2.75) is 31.2 Å². The van der Waals surface area contributed by atoms with Gasteiger partial charge >= 0.3 is 0 Å². The van der Waals surface area contributed by atoms with Crippen molar-refractivity contribution >= 4 is 21.4 Å². The van der Waals surface area contributed by atoms with Crippen LogP contribution in [0.25, 0.3) is 0 Å². The Labute approximate surface area is 110 Å². The number of amides is 1. The molecule has 7 nitrogen and oxygen atoms in total. The number of rotatable bonds is 3. The van der Waals surface area contributed by atoms with Crippen LogP contribution in [-0.4, -0.2) is 42.1 Å². The van der Waals surface area contributed by atoms with Crippen molar-refractivity contribution in [2.75, 3.05) is 17.2 Å². The fourth-order valence-corrected chi connectivity index (χ4v) is 4.06. The molecule has 1 amide bonds. The Hall–Kier alpha value is -1.57. The lowest BCUT2D eigenvalue weighted by Crippen LogP contribution is -2.36. The van der Waals surface area contributed by atoms with Gasteiger partial charge in [0.2, 0.25) is 0 Å². The second-order valence-electron chi connectivity index (χ2n) is 5.25. The van der Waals surface area contributed by atoms with Crippen LogP contribution in [0, 0.1) is 0 Å². The summed E-state index contributed by atoms with van der Waals surface area (Å²) in [5.41, 5.74) is 7.29. The van der Waals surface area contributed by atoms with Gasteiger partial charge in [0.05, 0.1) is 22.9 Å². The smallest absolute Gasteiger partial charge is 0.274 e. The van der Waals surface area contributed by atoms with Crippen molar-refractivity contribution < 1.29 is 13.2 Å². The van der Waals surface area contributed by atoms with Crippen molar-refractivity contribution in [2.24, 2.45) is 0 Å². The third-order valence-corrected chi connectivity index (χ3v) is 5.37. The molecule has 0 spiro atoms. The molecule has 1 saturated heterocycles. The van der Waals surface area contributed by atoms with E-state index in [1.807, 2.05) is 0 Å². The van der Waals surface area contributed by atoms with Crippen LogP contribution < -0.4 is 11.1 Å². The number of carbonyl (C=O) groups excluding carboxylic acids is 1. The predicted molar refractivity (Wildman–Crippen MR) is 69.5 cm³/mol. The maximum absolute atomic E-state index is 12.0. The number of carbonyl (C=O) groups is 1. The first-order chi connectivity index (χ1) is 8.96. The summed E-state index contributed by atoms with van der Waals surface area (Å²) >= 11 is 0. The Morgan fingerprint density at radius 3 is 2.68 bits per heavy atom. The second-order valence-corrected chi connectivity index (χ2v) is 7.48. The maximum atomic E-state index is 12.0. The monoisotopic (exact) mass is 284 g/mol. The highest BCUT2D eigenvalue weighted by Gasteiger charge is 2.33. The first-order valence-electron chi connectivity index (χ1n) is 6.31. The maximum Gasteiger partial charge on any atom is 0.274 e. The van der Waals surface area contributed by atoms with Crippen LogP contribution in [0.3, 0.4) is 0 Å². The van der Waals surface area contributed by atoms with Gasteiger partial charge in [-0.3, -0.25) is 9.89 Å². The summed E-state index contributed by atoms with van der Waals surface area (Å²) in [6.07, 6.45) is 2.58. The topological polar surface area (TPSA) is 118 Å². The summed E-state index contributed by atoms with van der Waals surface area (Å²) in [5.74, 6) is 0.114. The fourth-order valence-electron chi connectivity index (χ4n) is 2.38. The quantitative estimate of drug-likeness (QED) is 0.709. The van der Waals surface area contributed by atoms with Gasteiger partial charge in [0.15, 0.2) is 15.5 Å². The number of anilines is 1. The minimum atomic E-state index is -3.01. The van der Waals surface area contributed by atoms with Crippen molar-refractivity contribution in [3.05, 3.63) is 11.4 Å². The van der Waals surface area contributed by atoms with E-state index in [4.69, 9.17) is 5.73 Å². The van der Waals surface area contributed by atoms with Gasteiger partial charge in [-0.25, -0.2) is 8.42 Å². The zero-order chi connectivity index (χ0) is 13.6. The SMILES string of the molecule is Nc1c(C(=O)NC2CCS(=O)(=O)C2)n[nH]c1C1CC1. The summed E-state index contributed by atoms with van der Waals surface area (Å²) in [4.78, 5) is 12.0. The molecule has 0 bridgehead atoms. The minimum absolute atomic E-state index is 0.00144. The van der Waals surface area contributed by atoms with E-state index >= 15 is 0 Å². The summed E-state index contributed by atoms with van der Waals surface area (Å²) in [5, 5.41) is 9.43. The van der Waals surface area contributed by atoms with Gasteiger partial charge in [0.25, 0.3) is 5.91 Å². The summed E-state index contributed by atoms with van der Waals surface area (Å²) in [6.45, 7) is 0. The van der Waals surface area contributed by atoms with Crippen LogP contribution >= 0.6 is 0 Å². The van der Waals surface area contributed by atoms with Crippen LogP contribution in [0.15, 0.2) is 0 Å². The molecule has 0 aromatic carbocycles. The lowest BCUT2D eigenvalue weighted by atomic mass is 10.2. The molecule has 1 aromatic rings. The molecule has 1 saturated carbocycles. The van der Waals surface area contributed by atoms with E-state index in [0.29, 0.717) is 18.0 Å². The molecule has 1 unspecified atom stereocenters. The molecule has 19 heavy (non-hydrogen) atoms. The van der Waals surface area contributed by atoms with Crippen molar-refractivity contribution in [1.29, 1.82) is 0 Å². The molecule has 1 atom stereocenters. The lowest BCUT2D eigenvalue weighted by Gasteiger charge is -2.09. The first kappa shape index (κ1) is 12.5. The molecule has 4 N–H and O–H groups in total. The number of nitrogens with one attached hydrogen (secondary N) is 2. The van der Waals surface area contributed by atoms with Gasteiger partial charge in [-0.1, -0.05) is 0 Å². The Balaban J connectivity index is 1.70. The van der Waals surface area contributed by atoms with E-state index < -0.39 is 15.7 Å². The Morgan fingerprint density at radius 1 is 1.37 bits per heavy atom. The summed E-state index contributed by atoms with van der Waals surface area (Å²) in [6, 6.07) is -0.335. The van der Waals surface area contributed by atoms with Gasteiger partial charge in [0.1, 0.15) is 0 Å². The number of hydrogen-bond donors (Lipinski definition) is 3. The van der Waals surface area contributed by atoms with E-state index in [9.17, 15) is 13.2 Å². The van der Waals surface area contributed by atoms with E-state index in [0.717, 1.165) is 18.5 Å². The standard InChI is InChI=1S/C11H16N4O3S/c12-8-9(6-1-2-6)14-15-10(8)11(16)13-7-3-4-19(17,18)5-7/h6-7H,1-5,12H2,(H,13,16)(H,14,15). The first-order valence-corrected chi connectivity index (χ1v) is 8.13. The molecular weight excluding hydrogens is 268 g/mol. The second kappa shape index (κ2) is 4.22. The Bertz CT molecular complexity index is 618. The number of nitrogens with two attached hydrogens (primary N) is 1. The molecule has 2 aliphatic rings. The van der Waals surface area contributed by atoms with Crippen molar-refractivity contribution in [3.63, 3.8) is 0 Å². The number of nitrogens with zero attached hydrogens (tertiary/aromatic N) is 1. The average molecular weight is 284 g/mol. The van der Waals surface area contributed by atoms with Crippen LogP contribution in [0.5, 0.6) is 0 Å². The number of nitrogen functional groups attached to an aromatic ring is 1. The van der Waals surface area contributed by atoms with Crippen LogP contribution in [0.4, 0.5) is 5.69 Å². The van der Waals surface area contributed by atoms with Crippen molar-refractivity contribution in [3.8, 4) is 0 Å². The molecule has 1 aliphatic heterocycles. The average Bonchev–Trinajstić information content (AvgIpc) is 3.01. The summed E-state index contributed by atoms with van der Waals surface area (Å²) < 4.78 is 22.7. The normalized spacial score (nSPS) is 25.4. The molecule has 8 heteroatoms. The van der Waals surface area contributed by atoms with E-state index in [-0.39, 0.29) is 23.2 Å². The number of aromatic nitrogens is 2. The zero-order valence-electron chi connectivity index (χ0n) is 10.3. The third-order valence-electron chi connectivity index (χ3n) is 3.60. The number of H-pyrrole nitrogens is 1. The van der Waals surface area contributed by atoms with Crippen LogP contribution in [-0.2, 0) is 9.84 Å². The largest absolute Gasteiger partial charge is 0.395 e. The van der Waals surface area contributed by atoms with Gasteiger partial charge in [-0.2, -0.15) is 5.10 Å². The predicted octanol–water partition coefficient (Wildman–Crippen LogP) is -0.214. The van der Waals surface area contributed by atoms with Crippen molar-refractivity contribution in [1.82, 2.24) is 15.5 Å². The van der Waals surface area contributed by atoms with Gasteiger partial charge in [0, 0.05) is 12.0 Å². The van der Waals surface area contributed by atoms with Gasteiger partial charge < -0.3 is 11.1 Å². The Morgan fingerprint density at radius 2 is 2.11 bits per heavy atom. The highest BCUT2D eigenvalue weighted by Crippen LogP contribution is 2.42. The number of aromatic amines is 1. The van der Waals surface area contributed by atoms with E-state index in [1.54, 1.807) is 0 Å².